The first-order chi connectivity index (χ1) is 9.06. The molecule has 0 radical (unpaired) electrons. The van der Waals surface area contributed by atoms with Crippen LogP contribution in [0.2, 0.25) is 0 Å². The van der Waals surface area contributed by atoms with E-state index in [9.17, 15) is 13.6 Å². The molecule has 0 spiro atoms. The minimum Gasteiger partial charge on any atom is -0.345 e. The highest BCUT2D eigenvalue weighted by Crippen LogP contribution is 2.16. The summed E-state index contributed by atoms with van der Waals surface area (Å²) >= 11 is 0. The minimum atomic E-state index is -0.669. The van der Waals surface area contributed by atoms with E-state index in [-0.39, 0.29) is 5.91 Å². The van der Waals surface area contributed by atoms with E-state index in [4.69, 9.17) is 0 Å². The molecule has 0 aliphatic heterocycles. The van der Waals surface area contributed by atoms with Crippen LogP contribution in [0.4, 0.5) is 8.78 Å². The van der Waals surface area contributed by atoms with E-state index in [1.807, 2.05) is 0 Å². The van der Waals surface area contributed by atoms with Crippen LogP contribution in [0.3, 0.4) is 0 Å². The molecule has 19 heavy (non-hydrogen) atoms. The second kappa shape index (κ2) is 5.56. The molecule has 0 saturated carbocycles. The van der Waals surface area contributed by atoms with Crippen molar-refractivity contribution in [2.24, 2.45) is 0 Å². The minimum absolute atomic E-state index is 0.342. The van der Waals surface area contributed by atoms with Crippen molar-refractivity contribution < 1.29 is 13.6 Å². The van der Waals surface area contributed by atoms with Crippen molar-refractivity contribution >= 4 is 5.91 Å². The van der Waals surface area contributed by atoms with E-state index in [0.29, 0.717) is 11.1 Å². The molecule has 2 rings (SSSR count). The summed E-state index contributed by atoms with van der Waals surface area (Å²) in [5.74, 6) is -1.68. The van der Waals surface area contributed by atoms with Gasteiger partial charge in [0.25, 0.3) is 5.91 Å². The zero-order chi connectivity index (χ0) is 13.8. The molecular weight excluding hydrogens is 250 g/mol. The fourth-order valence-electron chi connectivity index (χ4n) is 1.69. The molecule has 5 heteroatoms. The van der Waals surface area contributed by atoms with Gasteiger partial charge in [0.1, 0.15) is 11.6 Å². The van der Waals surface area contributed by atoms with E-state index >= 15 is 0 Å². The summed E-state index contributed by atoms with van der Waals surface area (Å²) in [7, 11) is 0. The van der Waals surface area contributed by atoms with Gasteiger partial charge in [-0.1, -0.05) is 0 Å². The average Bonchev–Trinajstić information content (AvgIpc) is 2.38. The van der Waals surface area contributed by atoms with Crippen LogP contribution >= 0.6 is 0 Å². The second-order valence-electron chi connectivity index (χ2n) is 4.14. The van der Waals surface area contributed by atoms with E-state index in [2.05, 4.69) is 10.3 Å². The number of pyridine rings is 1. The molecule has 3 nitrogen and oxygen atoms in total. The van der Waals surface area contributed by atoms with Crippen LogP contribution in [-0.4, -0.2) is 10.9 Å². The summed E-state index contributed by atoms with van der Waals surface area (Å²) in [6.07, 6.45) is 2.98. The molecule has 98 valence electrons. The molecule has 0 bridgehead atoms. The van der Waals surface area contributed by atoms with Crippen molar-refractivity contribution in [3.8, 4) is 0 Å². The predicted molar refractivity (Wildman–Crippen MR) is 66.5 cm³/mol. The number of amides is 1. The topological polar surface area (TPSA) is 42.0 Å². The molecule has 1 aromatic carbocycles. The number of carbonyl (C=O) groups is 1. The van der Waals surface area contributed by atoms with Gasteiger partial charge < -0.3 is 5.32 Å². The Balaban J connectivity index is 2.13. The number of nitrogens with zero attached hydrogens (tertiary/aromatic N) is 1. The van der Waals surface area contributed by atoms with Gasteiger partial charge in [-0.3, -0.25) is 9.78 Å². The predicted octanol–water partition coefficient (Wildman–Crippen LogP) is 2.85. The van der Waals surface area contributed by atoms with Crippen molar-refractivity contribution in [3.05, 3.63) is 65.5 Å². The lowest BCUT2D eigenvalue weighted by Gasteiger charge is -2.14. The van der Waals surface area contributed by atoms with Gasteiger partial charge in [-0.15, -0.1) is 0 Å². The highest BCUT2D eigenvalue weighted by molar-refractivity contribution is 5.94. The van der Waals surface area contributed by atoms with Gasteiger partial charge in [-0.25, -0.2) is 8.78 Å². The van der Waals surface area contributed by atoms with Crippen LogP contribution in [0.1, 0.15) is 28.9 Å². The molecule has 1 unspecified atom stereocenters. The van der Waals surface area contributed by atoms with Crippen molar-refractivity contribution in [1.82, 2.24) is 10.3 Å². The number of hydrogen-bond acceptors (Lipinski definition) is 2. The average molecular weight is 262 g/mol. The quantitative estimate of drug-likeness (QED) is 0.924. The van der Waals surface area contributed by atoms with Gasteiger partial charge in [0.05, 0.1) is 11.6 Å². The molecule has 2 aromatic rings. The summed E-state index contributed by atoms with van der Waals surface area (Å²) in [5, 5.41) is 2.65. The van der Waals surface area contributed by atoms with Crippen LogP contribution in [0.15, 0.2) is 42.7 Å². The van der Waals surface area contributed by atoms with E-state index in [0.717, 1.165) is 6.07 Å². The van der Waals surface area contributed by atoms with Crippen LogP contribution in [0.5, 0.6) is 0 Å². The molecule has 1 aromatic heterocycles. The van der Waals surface area contributed by atoms with E-state index < -0.39 is 17.7 Å². The third kappa shape index (κ3) is 3.34. The van der Waals surface area contributed by atoms with Crippen molar-refractivity contribution in [2.45, 2.75) is 13.0 Å². The molecule has 0 saturated heterocycles. The highest BCUT2D eigenvalue weighted by atomic mass is 19.1. The molecule has 1 N–H and O–H groups in total. The SMILES string of the molecule is CC(NC(=O)c1cccnc1)c1cc(F)cc(F)c1. The highest BCUT2D eigenvalue weighted by Gasteiger charge is 2.13. The zero-order valence-electron chi connectivity index (χ0n) is 10.2. The smallest absolute Gasteiger partial charge is 0.253 e. The first-order valence-corrected chi connectivity index (χ1v) is 5.73. The Morgan fingerprint density at radius 2 is 1.95 bits per heavy atom. The third-order valence-electron chi connectivity index (χ3n) is 2.66. The maximum absolute atomic E-state index is 13.1. The number of benzene rings is 1. The Bertz CT molecular complexity index is 567. The van der Waals surface area contributed by atoms with Crippen LogP contribution in [-0.2, 0) is 0 Å². The lowest BCUT2D eigenvalue weighted by Crippen LogP contribution is -2.26. The Kier molecular flexibility index (Phi) is 3.85. The zero-order valence-corrected chi connectivity index (χ0v) is 10.2. The summed E-state index contributed by atoms with van der Waals surface area (Å²) in [5.41, 5.74) is 0.765. The standard InChI is InChI=1S/C14H12F2N2O/c1-9(11-5-12(15)7-13(16)6-11)18-14(19)10-3-2-4-17-8-10/h2-9H,1H3,(H,18,19). The number of aromatic nitrogens is 1. The first-order valence-electron chi connectivity index (χ1n) is 5.73. The lowest BCUT2D eigenvalue weighted by molar-refractivity contribution is 0.0939. The molecule has 1 heterocycles. The number of nitrogens with one attached hydrogen (secondary N) is 1. The fourth-order valence-corrected chi connectivity index (χ4v) is 1.69. The summed E-state index contributed by atoms with van der Waals surface area (Å²) in [4.78, 5) is 15.7. The monoisotopic (exact) mass is 262 g/mol. The number of rotatable bonds is 3. The maximum atomic E-state index is 13.1. The molecule has 0 fully saturated rings. The van der Waals surface area contributed by atoms with Gasteiger partial charge in [-0.05, 0) is 36.8 Å². The number of hydrogen-bond donors (Lipinski definition) is 1. The van der Waals surface area contributed by atoms with Crippen LogP contribution in [0.25, 0.3) is 0 Å². The Morgan fingerprint density at radius 1 is 1.26 bits per heavy atom. The van der Waals surface area contributed by atoms with Crippen molar-refractivity contribution in [2.75, 3.05) is 0 Å². The normalized spacial score (nSPS) is 11.9. The summed E-state index contributed by atoms with van der Waals surface area (Å²) < 4.78 is 26.2. The number of carbonyl (C=O) groups excluding carboxylic acids is 1. The van der Waals surface area contributed by atoms with E-state index in [1.54, 1.807) is 25.3 Å². The van der Waals surface area contributed by atoms with E-state index in [1.165, 1.54) is 18.3 Å². The lowest BCUT2D eigenvalue weighted by atomic mass is 10.1. The third-order valence-corrected chi connectivity index (χ3v) is 2.66. The van der Waals surface area contributed by atoms with Gasteiger partial charge in [0, 0.05) is 18.5 Å². The van der Waals surface area contributed by atoms with Gasteiger partial charge in [0.2, 0.25) is 0 Å². The number of halogens is 2. The molecule has 1 atom stereocenters. The fraction of sp³-hybridized carbons (Fsp3) is 0.143. The van der Waals surface area contributed by atoms with Crippen LogP contribution < -0.4 is 5.32 Å². The second-order valence-corrected chi connectivity index (χ2v) is 4.14. The molecular formula is C14H12F2N2O. The van der Waals surface area contributed by atoms with Crippen molar-refractivity contribution in [3.63, 3.8) is 0 Å². The first kappa shape index (κ1) is 13.1. The van der Waals surface area contributed by atoms with Gasteiger partial charge >= 0.3 is 0 Å². The maximum Gasteiger partial charge on any atom is 0.253 e. The Hall–Kier alpha value is -2.30. The van der Waals surface area contributed by atoms with Crippen molar-refractivity contribution in [1.29, 1.82) is 0 Å². The van der Waals surface area contributed by atoms with Crippen LogP contribution in [0, 0.1) is 11.6 Å². The molecule has 0 aliphatic carbocycles. The molecule has 0 aliphatic rings. The summed E-state index contributed by atoms with van der Waals surface area (Å²) in [6, 6.07) is 5.92. The Labute approximate surface area is 109 Å². The largest absolute Gasteiger partial charge is 0.345 e. The Morgan fingerprint density at radius 3 is 2.53 bits per heavy atom. The molecule has 1 amide bonds. The summed E-state index contributed by atoms with van der Waals surface area (Å²) in [6.45, 7) is 1.66. The van der Waals surface area contributed by atoms with Gasteiger partial charge in [-0.2, -0.15) is 0 Å². The van der Waals surface area contributed by atoms with Gasteiger partial charge in [0.15, 0.2) is 0 Å².